The van der Waals surface area contributed by atoms with Gasteiger partial charge in [-0.1, -0.05) is 13.8 Å². The SMILES string of the molecule is CC(C)C(N)c1nc2cc(-c3c[nH]cn3)sc2c(=O)[nH]1. The fourth-order valence-corrected chi connectivity index (χ4v) is 2.91. The summed E-state index contributed by atoms with van der Waals surface area (Å²) in [6.45, 7) is 4.00. The average molecular weight is 289 g/mol. The lowest BCUT2D eigenvalue weighted by Crippen LogP contribution is -2.23. The Hall–Kier alpha value is -1.99. The monoisotopic (exact) mass is 289 g/mol. The van der Waals surface area contributed by atoms with E-state index >= 15 is 0 Å². The van der Waals surface area contributed by atoms with Gasteiger partial charge in [0.2, 0.25) is 0 Å². The van der Waals surface area contributed by atoms with Crippen LogP contribution in [0.3, 0.4) is 0 Å². The molecule has 1 atom stereocenters. The van der Waals surface area contributed by atoms with E-state index in [-0.39, 0.29) is 17.5 Å². The molecule has 3 rings (SSSR count). The van der Waals surface area contributed by atoms with E-state index in [4.69, 9.17) is 5.73 Å². The summed E-state index contributed by atoms with van der Waals surface area (Å²) in [5.41, 5.74) is 7.38. The maximum absolute atomic E-state index is 12.1. The molecule has 0 fully saturated rings. The fourth-order valence-electron chi connectivity index (χ4n) is 1.95. The Morgan fingerprint density at radius 2 is 2.20 bits per heavy atom. The molecule has 3 aromatic heterocycles. The van der Waals surface area contributed by atoms with Crippen molar-refractivity contribution < 1.29 is 0 Å². The Morgan fingerprint density at radius 3 is 2.85 bits per heavy atom. The van der Waals surface area contributed by atoms with Crippen molar-refractivity contribution in [2.24, 2.45) is 11.7 Å². The molecule has 0 radical (unpaired) electrons. The maximum atomic E-state index is 12.1. The van der Waals surface area contributed by atoms with E-state index in [0.717, 1.165) is 10.6 Å². The minimum atomic E-state index is -0.277. The minimum Gasteiger partial charge on any atom is -0.351 e. The highest BCUT2D eigenvalue weighted by molar-refractivity contribution is 7.22. The van der Waals surface area contributed by atoms with Crippen LogP contribution in [0.15, 0.2) is 23.4 Å². The third-order valence-corrected chi connectivity index (χ3v) is 4.33. The number of aromatic amines is 2. The first-order valence-electron chi connectivity index (χ1n) is 6.34. The fraction of sp³-hybridized carbons (Fsp3) is 0.308. The molecule has 3 heterocycles. The van der Waals surface area contributed by atoms with Crippen LogP contribution in [-0.2, 0) is 0 Å². The van der Waals surface area contributed by atoms with Crippen LogP contribution >= 0.6 is 11.3 Å². The van der Waals surface area contributed by atoms with Gasteiger partial charge in [-0.15, -0.1) is 11.3 Å². The van der Waals surface area contributed by atoms with E-state index < -0.39 is 0 Å². The van der Waals surface area contributed by atoms with Gasteiger partial charge in [0.15, 0.2) is 0 Å². The van der Waals surface area contributed by atoms with Gasteiger partial charge >= 0.3 is 0 Å². The van der Waals surface area contributed by atoms with Crippen LogP contribution in [0.2, 0.25) is 0 Å². The number of fused-ring (bicyclic) bond motifs is 1. The molecule has 0 saturated carbocycles. The third kappa shape index (κ3) is 2.14. The van der Waals surface area contributed by atoms with Gasteiger partial charge in [0, 0.05) is 6.20 Å². The topological polar surface area (TPSA) is 100 Å². The van der Waals surface area contributed by atoms with Crippen LogP contribution in [0.4, 0.5) is 0 Å². The standard InChI is InChI=1S/C13H15N5OS/c1-6(2)10(14)12-17-7-3-9(8-4-15-5-16-8)20-11(7)13(19)18-12/h3-6,10H,14H2,1-2H3,(H,15,16)(H,17,18,19). The number of aromatic nitrogens is 4. The van der Waals surface area contributed by atoms with Crippen molar-refractivity contribution in [3.8, 4) is 10.6 Å². The first-order valence-corrected chi connectivity index (χ1v) is 7.16. The highest BCUT2D eigenvalue weighted by Crippen LogP contribution is 2.29. The molecule has 0 aliphatic rings. The van der Waals surface area contributed by atoms with Gasteiger partial charge in [0.05, 0.1) is 28.5 Å². The van der Waals surface area contributed by atoms with E-state index in [2.05, 4.69) is 19.9 Å². The molecule has 1 unspecified atom stereocenters. The summed E-state index contributed by atoms with van der Waals surface area (Å²) in [5.74, 6) is 0.740. The van der Waals surface area contributed by atoms with E-state index in [9.17, 15) is 4.79 Å². The zero-order valence-corrected chi connectivity index (χ0v) is 12.0. The van der Waals surface area contributed by atoms with Crippen LogP contribution in [0.5, 0.6) is 0 Å². The van der Waals surface area contributed by atoms with Gasteiger partial charge in [-0.05, 0) is 12.0 Å². The summed E-state index contributed by atoms with van der Waals surface area (Å²) in [6.07, 6.45) is 3.40. The largest absolute Gasteiger partial charge is 0.351 e. The van der Waals surface area contributed by atoms with E-state index in [1.165, 1.54) is 11.3 Å². The summed E-state index contributed by atoms with van der Waals surface area (Å²) in [5, 5.41) is 0. The summed E-state index contributed by atoms with van der Waals surface area (Å²) < 4.78 is 0.600. The van der Waals surface area contributed by atoms with Gasteiger partial charge in [0.1, 0.15) is 10.5 Å². The van der Waals surface area contributed by atoms with Gasteiger partial charge in [-0.2, -0.15) is 0 Å². The summed E-state index contributed by atoms with van der Waals surface area (Å²) >= 11 is 1.38. The van der Waals surface area contributed by atoms with Crippen LogP contribution in [-0.4, -0.2) is 19.9 Å². The van der Waals surface area contributed by atoms with Crippen LogP contribution in [0.1, 0.15) is 25.7 Å². The first kappa shape index (κ1) is 13.0. The number of nitrogens with zero attached hydrogens (tertiary/aromatic N) is 2. The van der Waals surface area contributed by atoms with E-state index in [1.807, 2.05) is 19.9 Å². The third-order valence-electron chi connectivity index (χ3n) is 3.19. The van der Waals surface area contributed by atoms with Crippen molar-refractivity contribution in [3.63, 3.8) is 0 Å². The van der Waals surface area contributed by atoms with Gasteiger partial charge in [-0.25, -0.2) is 9.97 Å². The number of nitrogens with two attached hydrogens (primary N) is 1. The highest BCUT2D eigenvalue weighted by Gasteiger charge is 2.16. The van der Waals surface area contributed by atoms with Crippen LogP contribution in [0, 0.1) is 5.92 Å². The maximum Gasteiger partial charge on any atom is 0.268 e. The van der Waals surface area contributed by atoms with E-state index in [1.54, 1.807) is 12.5 Å². The van der Waals surface area contributed by atoms with Gasteiger partial charge in [0.25, 0.3) is 5.56 Å². The molecule has 104 valence electrons. The quantitative estimate of drug-likeness (QED) is 0.686. The number of imidazole rings is 1. The molecule has 0 aliphatic heterocycles. The number of thiophene rings is 1. The van der Waals surface area contributed by atoms with Crippen LogP contribution in [0.25, 0.3) is 20.8 Å². The molecular formula is C13H15N5OS. The zero-order valence-electron chi connectivity index (χ0n) is 11.2. The number of H-pyrrole nitrogens is 2. The Morgan fingerprint density at radius 1 is 1.40 bits per heavy atom. The van der Waals surface area contributed by atoms with Crippen molar-refractivity contribution in [3.05, 3.63) is 34.8 Å². The Balaban J connectivity index is 2.15. The molecule has 0 spiro atoms. The Labute approximate surface area is 119 Å². The summed E-state index contributed by atoms with van der Waals surface area (Å²) in [4.78, 5) is 27.4. The first-order chi connectivity index (χ1) is 9.56. The molecule has 0 saturated heterocycles. The smallest absolute Gasteiger partial charge is 0.268 e. The number of hydrogen-bond donors (Lipinski definition) is 3. The molecule has 7 heteroatoms. The predicted molar refractivity (Wildman–Crippen MR) is 79.6 cm³/mol. The van der Waals surface area contributed by atoms with Crippen molar-refractivity contribution >= 4 is 21.6 Å². The number of hydrogen-bond acceptors (Lipinski definition) is 5. The van der Waals surface area contributed by atoms with Crippen molar-refractivity contribution in [2.45, 2.75) is 19.9 Å². The lowest BCUT2D eigenvalue weighted by atomic mass is 10.1. The molecule has 3 aromatic rings. The lowest BCUT2D eigenvalue weighted by Gasteiger charge is -2.13. The van der Waals surface area contributed by atoms with Gasteiger partial charge in [-0.3, -0.25) is 4.79 Å². The highest BCUT2D eigenvalue weighted by atomic mass is 32.1. The number of nitrogens with one attached hydrogen (secondary N) is 2. The molecular weight excluding hydrogens is 274 g/mol. The molecule has 0 aromatic carbocycles. The van der Waals surface area contributed by atoms with Crippen LogP contribution < -0.4 is 11.3 Å². The normalized spacial score (nSPS) is 13.2. The summed E-state index contributed by atoms with van der Waals surface area (Å²) in [7, 11) is 0. The molecule has 0 aliphatic carbocycles. The number of rotatable bonds is 3. The van der Waals surface area contributed by atoms with Crippen molar-refractivity contribution in [2.75, 3.05) is 0 Å². The van der Waals surface area contributed by atoms with Gasteiger partial charge < -0.3 is 15.7 Å². The molecule has 20 heavy (non-hydrogen) atoms. The lowest BCUT2D eigenvalue weighted by molar-refractivity contribution is 0.491. The Bertz CT molecular complexity index is 787. The zero-order chi connectivity index (χ0) is 14.3. The van der Waals surface area contributed by atoms with E-state index in [0.29, 0.717) is 16.0 Å². The van der Waals surface area contributed by atoms with Crippen molar-refractivity contribution in [1.29, 1.82) is 0 Å². The second-order valence-corrected chi connectivity index (χ2v) is 6.05. The molecule has 6 nitrogen and oxygen atoms in total. The Kier molecular flexibility index (Phi) is 3.15. The molecule has 4 N–H and O–H groups in total. The summed E-state index contributed by atoms with van der Waals surface area (Å²) in [6, 6.07) is 1.60. The second-order valence-electron chi connectivity index (χ2n) is 5.00. The predicted octanol–water partition coefficient (Wildman–Crippen LogP) is 2.03. The second kappa shape index (κ2) is 4.84. The molecule has 0 amide bonds. The molecule has 0 bridgehead atoms. The average Bonchev–Trinajstić information content (AvgIpc) is 3.05. The minimum absolute atomic E-state index is 0.145. The van der Waals surface area contributed by atoms with Crippen molar-refractivity contribution in [1.82, 2.24) is 19.9 Å².